The predicted octanol–water partition coefficient (Wildman–Crippen LogP) is 2.52. The molecule has 0 spiro atoms. The zero-order valence-electron chi connectivity index (χ0n) is 8.43. The number of rotatable bonds is 2. The van der Waals surface area contributed by atoms with Crippen molar-refractivity contribution in [3.63, 3.8) is 0 Å². The van der Waals surface area contributed by atoms with E-state index in [-0.39, 0.29) is 0 Å². The number of nitrogens with one attached hydrogen (secondary N) is 1. The minimum atomic E-state index is 0.998. The number of thioether (sulfide) groups is 1. The zero-order chi connectivity index (χ0) is 8.93. The molecule has 0 aliphatic carbocycles. The van der Waals surface area contributed by atoms with Gasteiger partial charge in [0.15, 0.2) is 0 Å². The molecule has 0 aromatic carbocycles. The number of hydrogen-bond acceptors (Lipinski definition) is 2. The van der Waals surface area contributed by atoms with Crippen molar-refractivity contribution in [3.8, 4) is 0 Å². The summed E-state index contributed by atoms with van der Waals surface area (Å²) in [6.07, 6.45) is 7.36. The Bertz CT molecular complexity index is 121. The van der Waals surface area contributed by atoms with Crippen LogP contribution in [0.1, 0.15) is 32.1 Å². The van der Waals surface area contributed by atoms with Crippen LogP contribution in [0.25, 0.3) is 0 Å². The van der Waals surface area contributed by atoms with Gasteiger partial charge in [-0.25, -0.2) is 0 Å². The summed E-state index contributed by atoms with van der Waals surface area (Å²) < 4.78 is 0. The maximum Gasteiger partial charge on any atom is -0.00204 e. The van der Waals surface area contributed by atoms with Crippen molar-refractivity contribution in [3.05, 3.63) is 0 Å². The Balaban J connectivity index is 1.69. The van der Waals surface area contributed by atoms with Crippen LogP contribution in [0, 0.1) is 11.8 Å². The molecule has 1 N–H and O–H groups in total. The van der Waals surface area contributed by atoms with Gasteiger partial charge in [0.2, 0.25) is 0 Å². The molecule has 0 radical (unpaired) electrons. The van der Waals surface area contributed by atoms with Gasteiger partial charge in [0.25, 0.3) is 0 Å². The molecule has 0 aromatic rings. The number of piperidine rings is 1. The second-order valence-corrected chi connectivity index (χ2v) is 5.68. The normalized spacial score (nSPS) is 36.0. The van der Waals surface area contributed by atoms with Gasteiger partial charge in [-0.15, -0.1) is 0 Å². The molecule has 2 heterocycles. The Kier molecular flexibility index (Phi) is 3.98. The molecule has 1 nitrogen and oxygen atoms in total. The highest BCUT2D eigenvalue weighted by atomic mass is 32.2. The third-order valence-corrected chi connectivity index (χ3v) is 4.60. The largest absolute Gasteiger partial charge is 0.316 e. The van der Waals surface area contributed by atoms with Crippen LogP contribution in [0.2, 0.25) is 0 Å². The molecular formula is C11H21NS. The summed E-state index contributed by atoms with van der Waals surface area (Å²) in [5.74, 6) is 4.90. The summed E-state index contributed by atoms with van der Waals surface area (Å²) in [6, 6.07) is 0. The van der Waals surface area contributed by atoms with Crippen LogP contribution in [-0.2, 0) is 0 Å². The molecule has 0 amide bonds. The van der Waals surface area contributed by atoms with Crippen molar-refractivity contribution >= 4 is 11.8 Å². The third kappa shape index (κ3) is 3.17. The minimum Gasteiger partial charge on any atom is -0.316 e. The van der Waals surface area contributed by atoms with Crippen LogP contribution in [-0.4, -0.2) is 24.6 Å². The van der Waals surface area contributed by atoms with E-state index in [4.69, 9.17) is 0 Å². The fourth-order valence-electron chi connectivity index (χ4n) is 2.59. The zero-order valence-corrected chi connectivity index (χ0v) is 9.24. The molecule has 2 atom stereocenters. The van der Waals surface area contributed by atoms with Crippen molar-refractivity contribution in [2.75, 3.05) is 24.6 Å². The van der Waals surface area contributed by atoms with Gasteiger partial charge in [0.05, 0.1) is 0 Å². The Hall–Kier alpha value is 0.310. The first kappa shape index (κ1) is 9.85. The Morgan fingerprint density at radius 3 is 2.77 bits per heavy atom. The van der Waals surface area contributed by atoms with Crippen LogP contribution in [0.15, 0.2) is 0 Å². The van der Waals surface area contributed by atoms with E-state index < -0.39 is 0 Å². The molecule has 2 unspecified atom stereocenters. The summed E-state index contributed by atoms with van der Waals surface area (Å²) in [6.45, 7) is 2.55. The van der Waals surface area contributed by atoms with Crippen molar-refractivity contribution in [1.29, 1.82) is 0 Å². The number of hydrogen-bond donors (Lipinski definition) is 1. The third-order valence-electron chi connectivity index (χ3n) is 3.32. The van der Waals surface area contributed by atoms with Gasteiger partial charge in [-0.1, -0.05) is 0 Å². The first-order valence-corrected chi connectivity index (χ1v) is 6.89. The predicted molar refractivity (Wildman–Crippen MR) is 60.3 cm³/mol. The van der Waals surface area contributed by atoms with Crippen molar-refractivity contribution in [2.45, 2.75) is 32.1 Å². The summed E-state index contributed by atoms with van der Waals surface area (Å²) >= 11 is 2.17. The van der Waals surface area contributed by atoms with E-state index in [0.29, 0.717) is 0 Å². The highest BCUT2D eigenvalue weighted by Crippen LogP contribution is 2.29. The Morgan fingerprint density at radius 1 is 1.15 bits per heavy atom. The van der Waals surface area contributed by atoms with Crippen molar-refractivity contribution < 1.29 is 0 Å². The molecule has 0 bridgehead atoms. The van der Waals surface area contributed by atoms with Crippen LogP contribution in [0.4, 0.5) is 0 Å². The van der Waals surface area contributed by atoms with E-state index in [2.05, 4.69) is 17.1 Å². The molecule has 13 heavy (non-hydrogen) atoms. The van der Waals surface area contributed by atoms with Gasteiger partial charge in [0, 0.05) is 0 Å². The van der Waals surface area contributed by atoms with Gasteiger partial charge in [-0.05, 0) is 68.5 Å². The van der Waals surface area contributed by atoms with E-state index in [1.54, 1.807) is 0 Å². The Labute approximate surface area is 86.0 Å². The summed E-state index contributed by atoms with van der Waals surface area (Å²) in [5.41, 5.74) is 0. The first-order chi connectivity index (χ1) is 6.45. The maximum absolute atomic E-state index is 3.52. The SMILES string of the molecule is C1CNCC(CC2CCCSC2)C1. The maximum atomic E-state index is 3.52. The van der Waals surface area contributed by atoms with Gasteiger partial charge in [-0.3, -0.25) is 0 Å². The smallest absolute Gasteiger partial charge is 0.00204 e. The monoisotopic (exact) mass is 199 g/mol. The highest BCUT2D eigenvalue weighted by molar-refractivity contribution is 7.99. The highest BCUT2D eigenvalue weighted by Gasteiger charge is 2.20. The van der Waals surface area contributed by atoms with Gasteiger partial charge in [-0.2, -0.15) is 11.8 Å². The first-order valence-electron chi connectivity index (χ1n) is 5.73. The molecule has 76 valence electrons. The molecular weight excluding hydrogens is 178 g/mol. The van der Waals surface area contributed by atoms with E-state index in [0.717, 1.165) is 11.8 Å². The Morgan fingerprint density at radius 2 is 2.08 bits per heavy atom. The topological polar surface area (TPSA) is 12.0 Å². The average Bonchev–Trinajstić information content (AvgIpc) is 2.21. The molecule has 2 heteroatoms. The van der Waals surface area contributed by atoms with E-state index in [1.165, 1.54) is 56.7 Å². The summed E-state index contributed by atoms with van der Waals surface area (Å²) in [4.78, 5) is 0. The molecule has 2 aliphatic rings. The van der Waals surface area contributed by atoms with E-state index in [1.807, 2.05) is 0 Å². The molecule has 0 saturated carbocycles. The van der Waals surface area contributed by atoms with Gasteiger partial charge in [0.1, 0.15) is 0 Å². The molecule has 2 saturated heterocycles. The molecule has 2 aliphatic heterocycles. The lowest BCUT2D eigenvalue weighted by molar-refractivity contribution is 0.304. The van der Waals surface area contributed by atoms with E-state index in [9.17, 15) is 0 Å². The van der Waals surface area contributed by atoms with Crippen LogP contribution in [0.5, 0.6) is 0 Å². The fourth-order valence-corrected chi connectivity index (χ4v) is 3.76. The standard InChI is InChI=1S/C11H21NS/c1-3-10(8-12-5-1)7-11-4-2-6-13-9-11/h10-12H,1-9H2. The van der Waals surface area contributed by atoms with Gasteiger partial charge >= 0.3 is 0 Å². The summed E-state index contributed by atoms with van der Waals surface area (Å²) in [7, 11) is 0. The molecule has 0 aromatic heterocycles. The fraction of sp³-hybridized carbons (Fsp3) is 1.00. The quantitative estimate of drug-likeness (QED) is 0.733. The van der Waals surface area contributed by atoms with Crippen molar-refractivity contribution in [1.82, 2.24) is 5.32 Å². The van der Waals surface area contributed by atoms with Crippen LogP contribution >= 0.6 is 11.8 Å². The van der Waals surface area contributed by atoms with Crippen LogP contribution < -0.4 is 5.32 Å². The lowest BCUT2D eigenvalue weighted by Gasteiger charge is -2.29. The minimum absolute atomic E-state index is 0.998. The van der Waals surface area contributed by atoms with Crippen LogP contribution in [0.3, 0.4) is 0 Å². The van der Waals surface area contributed by atoms with Crippen molar-refractivity contribution in [2.24, 2.45) is 11.8 Å². The van der Waals surface area contributed by atoms with Gasteiger partial charge < -0.3 is 5.32 Å². The van der Waals surface area contributed by atoms with E-state index >= 15 is 0 Å². The lowest BCUT2D eigenvalue weighted by Crippen LogP contribution is -2.31. The lowest BCUT2D eigenvalue weighted by atomic mass is 9.87. The summed E-state index contributed by atoms with van der Waals surface area (Å²) in [5, 5.41) is 3.52. The molecule has 2 fully saturated rings. The molecule has 2 rings (SSSR count). The second kappa shape index (κ2) is 5.26. The average molecular weight is 199 g/mol. The second-order valence-electron chi connectivity index (χ2n) is 4.53.